The van der Waals surface area contributed by atoms with Gasteiger partial charge in [0.2, 0.25) is 5.91 Å². The zero-order chi connectivity index (χ0) is 19.2. The lowest BCUT2D eigenvalue weighted by atomic mass is 10.1. The van der Waals surface area contributed by atoms with Crippen LogP contribution >= 0.6 is 0 Å². The van der Waals surface area contributed by atoms with Gasteiger partial charge in [-0.05, 0) is 48.4 Å². The molecule has 0 aromatic heterocycles. The molecule has 2 amide bonds. The lowest BCUT2D eigenvalue weighted by Crippen LogP contribution is -2.41. The molecule has 1 aliphatic heterocycles. The highest BCUT2D eigenvalue weighted by molar-refractivity contribution is 5.97. The molecule has 0 bridgehead atoms. The Kier molecular flexibility index (Phi) is 6.05. The van der Waals surface area contributed by atoms with Crippen molar-refractivity contribution in [3.63, 3.8) is 0 Å². The van der Waals surface area contributed by atoms with Gasteiger partial charge in [-0.15, -0.1) is 0 Å². The summed E-state index contributed by atoms with van der Waals surface area (Å²) in [4.78, 5) is 25.9. The van der Waals surface area contributed by atoms with Gasteiger partial charge in [0.25, 0.3) is 5.91 Å². The lowest BCUT2D eigenvalue weighted by Gasteiger charge is -2.27. The van der Waals surface area contributed by atoms with E-state index in [1.807, 2.05) is 24.3 Å². The lowest BCUT2D eigenvalue weighted by molar-refractivity contribution is -0.125. The van der Waals surface area contributed by atoms with Crippen LogP contribution in [-0.4, -0.2) is 44.7 Å². The molecule has 1 unspecified atom stereocenters. The Labute approximate surface area is 158 Å². The number of nitrogens with two attached hydrogens (primary N) is 1. The number of nitrogens with zero attached hydrogens (tertiary/aromatic N) is 1. The van der Waals surface area contributed by atoms with E-state index >= 15 is 0 Å². The van der Waals surface area contributed by atoms with Crippen LogP contribution in [0.2, 0.25) is 0 Å². The van der Waals surface area contributed by atoms with E-state index in [-0.39, 0.29) is 18.4 Å². The third-order valence-electron chi connectivity index (χ3n) is 4.38. The monoisotopic (exact) mass is 369 g/mol. The number of morpholine rings is 1. The summed E-state index contributed by atoms with van der Waals surface area (Å²) in [5, 5.41) is 2.81. The topological polar surface area (TPSA) is 93.9 Å². The summed E-state index contributed by atoms with van der Waals surface area (Å²) in [6.45, 7) is 1.14. The third-order valence-corrected chi connectivity index (χ3v) is 4.38. The molecule has 1 aliphatic rings. The van der Waals surface area contributed by atoms with Gasteiger partial charge in [0.1, 0.15) is 12.4 Å². The second-order valence-corrected chi connectivity index (χ2v) is 6.29. The molecule has 3 rings (SSSR count). The Morgan fingerprint density at radius 3 is 2.56 bits per heavy atom. The Balaban J connectivity index is 1.57. The van der Waals surface area contributed by atoms with Gasteiger partial charge >= 0.3 is 0 Å². The molecule has 0 spiro atoms. The second kappa shape index (κ2) is 8.66. The van der Waals surface area contributed by atoms with Crippen molar-refractivity contribution in [1.82, 2.24) is 0 Å². The van der Waals surface area contributed by atoms with Gasteiger partial charge in [0, 0.05) is 17.9 Å². The van der Waals surface area contributed by atoms with Gasteiger partial charge in [0.15, 0.2) is 0 Å². The van der Waals surface area contributed by atoms with Crippen molar-refractivity contribution in [3.05, 3.63) is 54.1 Å². The summed E-state index contributed by atoms with van der Waals surface area (Å²) in [6, 6.07) is 13.9. The van der Waals surface area contributed by atoms with E-state index in [0.29, 0.717) is 25.3 Å². The fraction of sp³-hybridized carbons (Fsp3) is 0.300. The van der Waals surface area contributed by atoms with Crippen molar-refractivity contribution < 1.29 is 19.1 Å². The fourth-order valence-electron chi connectivity index (χ4n) is 2.86. The number of carbonyl (C=O) groups is 2. The SMILES string of the molecule is COc1ccc(CC(N)C(=O)Nc2ccc(N3CCOCC3=O)cc2)cc1. The number of amides is 2. The standard InChI is InChI=1S/C20H23N3O4/c1-26-17-8-2-14(3-9-17)12-18(21)20(25)22-15-4-6-16(7-5-15)23-10-11-27-13-19(23)24/h2-9,18H,10-13,21H2,1H3,(H,22,25). The summed E-state index contributed by atoms with van der Waals surface area (Å²) in [6.07, 6.45) is 0.427. The average Bonchev–Trinajstić information content (AvgIpc) is 2.69. The minimum atomic E-state index is -0.668. The highest BCUT2D eigenvalue weighted by Crippen LogP contribution is 2.20. The number of methoxy groups -OCH3 is 1. The van der Waals surface area contributed by atoms with E-state index in [1.165, 1.54) is 0 Å². The number of anilines is 2. The number of hydrogen-bond donors (Lipinski definition) is 2. The molecule has 1 fully saturated rings. The molecule has 3 N–H and O–H groups in total. The smallest absolute Gasteiger partial charge is 0.253 e. The molecular weight excluding hydrogens is 346 g/mol. The molecule has 0 aliphatic carbocycles. The van der Waals surface area contributed by atoms with E-state index in [2.05, 4.69) is 5.32 Å². The third kappa shape index (κ3) is 4.84. The van der Waals surface area contributed by atoms with Crippen LogP contribution in [0.15, 0.2) is 48.5 Å². The first-order chi connectivity index (χ1) is 13.1. The van der Waals surface area contributed by atoms with E-state index in [0.717, 1.165) is 17.0 Å². The van der Waals surface area contributed by atoms with Crippen LogP contribution in [0, 0.1) is 0 Å². The summed E-state index contributed by atoms with van der Waals surface area (Å²) in [5.41, 5.74) is 8.40. The minimum absolute atomic E-state index is 0.0699. The first-order valence-electron chi connectivity index (χ1n) is 8.74. The summed E-state index contributed by atoms with van der Waals surface area (Å²) in [5.74, 6) is 0.427. The van der Waals surface area contributed by atoms with Gasteiger partial charge in [-0.2, -0.15) is 0 Å². The molecule has 1 atom stereocenters. The van der Waals surface area contributed by atoms with Crippen LogP contribution in [0.4, 0.5) is 11.4 Å². The highest BCUT2D eigenvalue weighted by atomic mass is 16.5. The van der Waals surface area contributed by atoms with Crippen LogP contribution in [0.5, 0.6) is 5.75 Å². The number of ether oxygens (including phenoxy) is 2. The van der Waals surface area contributed by atoms with Gasteiger partial charge in [-0.1, -0.05) is 12.1 Å². The molecular formula is C20H23N3O4. The number of carbonyl (C=O) groups excluding carboxylic acids is 2. The molecule has 1 heterocycles. The van der Waals surface area contributed by atoms with Crippen molar-refractivity contribution in [1.29, 1.82) is 0 Å². The van der Waals surface area contributed by atoms with Crippen LogP contribution in [0.1, 0.15) is 5.56 Å². The van der Waals surface area contributed by atoms with Gasteiger partial charge in [0.05, 0.1) is 19.8 Å². The van der Waals surface area contributed by atoms with Crippen molar-refractivity contribution >= 4 is 23.2 Å². The van der Waals surface area contributed by atoms with E-state index in [4.69, 9.17) is 15.2 Å². The van der Waals surface area contributed by atoms with Crippen LogP contribution in [-0.2, 0) is 20.7 Å². The Morgan fingerprint density at radius 1 is 1.22 bits per heavy atom. The zero-order valence-corrected chi connectivity index (χ0v) is 15.2. The zero-order valence-electron chi connectivity index (χ0n) is 15.2. The van der Waals surface area contributed by atoms with E-state index in [9.17, 15) is 9.59 Å². The molecule has 142 valence electrons. The fourth-order valence-corrected chi connectivity index (χ4v) is 2.86. The first kappa shape index (κ1) is 18.9. The molecule has 7 heteroatoms. The molecule has 0 saturated carbocycles. The van der Waals surface area contributed by atoms with Crippen molar-refractivity contribution in [3.8, 4) is 5.75 Å². The molecule has 2 aromatic rings. The van der Waals surface area contributed by atoms with Crippen molar-refractivity contribution in [2.24, 2.45) is 5.73 Å². The summed E-state index contributed by atoms with van der Waals surface area (Å²) in [7, 11) is 1.61. The second-order valence-electron chi connectivity index (χ2n) is 6.29. The molecule has 1 saturated heterocycles. The first-order valence-corrected chi connectivity index (χ1v) is 8.74. The largest absolute Gasteiger partial charge is 0.497 e. The van der Waals surface area contributed by atoms with Crippen molar-refractivity contribution in [2.45, 2.75) is 12.5 Å². The number of hydrogen-bond acceptors (Lipinski definition) is 5. The minimum Gasteiger partial charge on any atom is -0.497 e. The average molecular weight is 369 g/mol. The normalized spacial score (nSPS) is 15.3. The van der Waals surface area contributed by atoms with Gasteiger partial charge in [-0.25, -0.2) is 0 Å². The molecule has 7 nitrogen and oxygen atoms in total. The maximum Gasteiger partial charge on any atom is 0.253 e. The predicted molar refractivity (Wildman–Crippen MR) is 103 cm³/mol. The molecule has 0 radical (unpaired) electrons. The van der Waals surface area contributed by atoms with E-state index < -0.39 is 6.04 Å². The maximum atomic E-state index is 12.3. The summed E-state index contributed by atoms with van der Waals surface area (Å²) < 4.78 is 10.2. The molecule has 27 heavy (non-hydrogen) atoms. The maximum absolute atomic E-state index is 12.3. The number of benzene rings is 2. The van der Waals surface area contributed by atoms with Crippen LogP contribution < -0.4 is 20.7 Å². The molecule has 2 aromatic carbocycles. The van der Waals surface area contributed by atoms with Crippen LogP contribution in [0.3, 0.4) is 0 Å². The van der Waals surface area contributed by atoms with Gasteiger partial charge < -0.3 is 25.4 Å². The van der Waals surface area contributed by atoms with E-state index in [1.54, 1.807) is 36.3 Å². The Bertz CT molecular complexity index is 790. The highest BCUT2D eigenvalue weighted by Gasteiger charge is 2.20. The van der Waals surface area contributed by atoms with Crippen molar-refractivity contribution in [2.75, 3.05) is 37.1 Å². The Hall–Kier alpha value is -2.90. The number of nitrogens with one attached hydrogen (secondary N) is 1. The van der Waals surface area contributed by atoms with Gasteiger partial charge in [-0.3, -0.25) is 9.59 Å². The predicted octanol–water partition coefficient (Wildman–Crippen LogP) is 1.57. The summed E-state index contributed by atoms with van der Waals surface area (Å²) >= 11 is 0. The Morgan fingerprint density at radius 2 is 1.93 bits per heavy atom. The van der Waals surface area contributed by atoms with Crippen LogP contribution in [0.25, 0.3) is 0 Å². The number of rotatable bonds is 6. The quantitative estimate of drug-likeness (QED) is 0.806.